The summed E-state index contributed by atoms with van der Waals surface area (Å²) in [5.74, 6) is -0.264. The number of rotatable bonds is 3. The van der Waals surface area contributed by atoms with Crippen LogP contribution in [0.15, 0.2) is 6.08 Å². The van der Waals surface area contributed by atoms with Crippen molar-refractivity contribution in [2.45, 2.75) is 13.3 Å². The number of hydrogen-bond donors (Lipinski definition) is 2. The summed E-state index contributed by atoms with van der Waals surface area (Å²) in [6.45, 7) is 3.47. The molecule has 0 unspecified atom stereocenters. The van der Waals surface area contributed by atoms with Crippen LogP contribution >= 0.6 is 0 Å². The number of amides is 1. The van der Waals surface area contributed by atoms with Crippen molar-refractivity contribution in [3.63, 3.8) is 0 Å². The summed E-state index contributed by atoms with van der Waals surface area (Å²) in [6.07, 6.45) is 3.46. The Bertz CT molecular complexity index is 562. The molecule has 0 aliphatic carbocycles. The average molecular weight is 278 g/mol. The highest BCUT2D eigenvalue weighted by Crippen LogP contribution is 2.25. The number of hydrogen-bond acceptors (Lipinski definition) is 4. The third-order valence-corrected chi connectivity index (χ3v) is 3.19. The van der Waals surface area contributed by atoms with Crippen molar-refractivity contribution in [1.29, 1.82) is 0 Å². The molecule has 7 nitrogen and oxygen atoms in total. The standard InChI is InChI=1S/C13H18N4O3/c1-9-10(4-5-12(19)20)13(16(2)15-9)17-7-3-6-14-11(18)8-17/h4-5H,3,6-8H2,1-2H3,(H,14,18)(H,19,20). The van der Waals surface area contributed by atoms with Crippen LogP contribution in [0.5, 0.6) is 0 Å². The summed E-state index contributed by atoms with van der Waals surface area (Å²) in [7, 11) is 1.79. The Labute approximate surface area is 116 Å². The maximum Gasteiger partial charge on any atom is 0.328 e. The summed E-state index contributed by atoms with van der Waals surface area (Å²) in [4.78, 5) is 24.3. The number of nitrogens with one attached hydrogen (secondary N) is 1. The first-order valence-corrected chi connectivity index (χ1v) is 6.45. The van der Waals surface area contributed by atoms with Crippen LogP contribution in [0.1, 0.15) is 17.7 Å². The Hall–Kier alpha value is -2.31. The summed E-state index contributed by atoms with van der Waals surface area (Å²) >= 11 is 0. The molecule has 0 radical (unpaired) electrons. The van der Waals surface area contributed by atoms with Crippen molar-refractivity contribution >= 4 is 23.8 Å². The number of aromatic nitrogens is 2. The fraction of sp³-hybridized carbons (Fsp3) is 0.462. The minimum atomic E-state index is -1.01. The molecule has 0 saturated carbocycles. The van der Waals surface area contributed by atoms with Gasteiger partial charge in [0, 0.05) is 31.8 Å². The molecular formula is C13H18N4O3. The lowest BCUT2D eigenvalue weighted by Crippen LogP contribution is -2.34. The van der Waals surface area contributed by atoms with Crippen LogP contribution in [0.4, 0.5) is 5.82 Å². The van der Waals surface area contributed by atoms with Crippen molar-refractivity contribution in [2.75, 3.05) is 24.5 Å². The molecule has 108 valence electrons. The average Bonchev–Trinajstić information content (AvgIpc) is 2.52. The lowest BCUT2D eigenvalue weighted by molar-refractivity contribution is -0.131. The first-order chi connectivity index (χ1) is 9.49. The Morgan fingerprint density at radius 1 is 1.50 bits per heavy atom. The monoisotopic (exact) mass is 278 g/mol. The van der Waals surface area contributed by atoms with Crippen LogP contribution in [-0.2, 0) is 16.6 Å². The molecule has 0 bridgehead atoms. The Kier molecular flexibility index (Phi) is 4.07. The first kappa shape index (κ1) is 14.1. The maximum atomic E-state index is 11.7. The molecule has 0 spiro atoms. The fourth-order valence-corrected chi connectivity index (χ4v) is 2.37. The number of nitrogens with zero attached hydrogens (tertiary/aromatic N) is 3. The van der Waals surface area contributed by atoms with Crippen LogP contribution in [0.2, 0.25) is 0 Å². The van der Waals surface area contributed by atoms with E-state index in [9.17, 15) is 9.59 Å². The summed E-state index contributed by atoms with van der Waals surface area (Å²) in [6, 6.07) is 0. The van der Waals surface area contributed by atoms with E-state index in [-0.39, 0.29) is 12.5 Å². The van der Waals surface area contributed by atoms with Crippen LogP contribution in [-0.4, -0.2) is 46.4 Å². The molecule has 2 N–H and O–H groups in total. The smallest absolute Gasteiger partial charge is 0.328 e. The van der Waals surface area contributed by atoms with Crippen molar-refractivity contribution in [3.8, 4) is 0 Å². The first-order valence-electron chi connectivity index (χ1n) is 6.45. The zero-order valence-corrected chi connectivity index (χ0v) is 11.6. The second-order valence-corrected chi connectivity index (χ2v) is 4.74. The van der Waals surface area contributed by atoms with Crippen molar-refractivity contribution < 1.29 is 14.7 Å². The van der Waals surface area contributed by atoms with E-state index in [1.165, 1.54) is 6.08 Å². The zero-order valence-electron chi connectivity index (χ0n) is 11.6. The van der Waals surface area contributed by atoms with Crippen LogP contribution in [0.25, 0.3) is 6.08 Å². The second-order valence-electron chi connectivity index (χ2n) is 4.74. The van der Waals surface area contributed by atoms with Crippen LogP contribution in [0, 0.1) is 6.92 Å². The molecule has 1 amide bonds. The minimum absolute atomic E-state index is 0.0329. The molecule has 2 heterocycles. The van der Waals surface area contributed by atoms with Gasteiger partial charge in [0.2, 0.25) is 5.91 Å². The number of carbonyl (C=O) groups is 2. The van der Waals surface area contributed by atoms with E-state index >= 15 is 0 Å². The predicted molar refractivity (Wildman–Crippen MR) is 74.5 cm³/mol. The van der Waals surface area contributed by atoms with E-state index < -0.39 is 5.97 Å². The van der Waals surface area contributed by atoms with Gasteiger partial charge in [-0.2, -0.15) is 5.10 Å². The van der Waals surface area contributed by atoms with Gasteiger partial charge in [-0.05, 0) is 19.4 Å². The van der Waals surface area contributed by atoms with Crippen molar-refractivity contribution in [3.05, 3.63) is 17.3 Å². The number of carboxylic acid groups (broad SMARTS) is 1. The highest BCUT2D eigenvalue weighted by atomic mass is 16.4. The summed E-state index contributed by atoms with van der Waals surface area (Å²) < 4.78 is 1.69. The summed E-state index contributed by atoms with van der Waals surface area (Å²) in [5.41, 5.74) is 1.48. The van der Waals surface area contributed by atoms with E-state index in [4.69, 9.17) is 5.11 Å². The molecule has 1 aliphatic rings. The predicted octanol–water partition coefficient (Wildman–Crippen LogP) is 0.153. The summed E-state index contributed by atoms with van der Waals surface area (Å²) in [5, 5.41) is 15.9. The van der Waals surface area contributed by atoms with Gasteiger partial charge in [-0.25, -0.2) is 4.79 Å². The van der Waals surface area contributed by atoms with Gasteiger partial charge in [-0.15, -0.1) is 0 Å². The Balaban J connectivity index is 2.38. The lowest BCUT2D eigenvalue weighted by atomic mass is 10.2. The van der Waals surface area contributed by atoms with Gasteiger partial charge in [0.05, 0.1) is 12.2 Å². The number of anilines is 1. The van der Waals surface area contributed by atoms with Crippen LogP contribution < -0.4 is 10.2 Å². The maximum absolute atomic E-state index is 11.7. The van der Waals surface area contributed by atoms with Gasteiger partial charge in [0.1, 0.15) is 5.82 Å². The molecule has 20 heavy (non-hydrogen) atoms. The van der Waals surface area contributed by atoms with E-state index in [1.807, 2.05) is 11.8 Å². The van der Waals surface area contributed by atoms with E-state index in [0.717, 1.165) is 36.1 Å². The fourth-order valence-electron chi connectivity index (χ4n) is 2.37. The van der Waals surface area contributed by atoms with Gasteiger partial charge >= 0.3 is 5.97 Å². The molecule has 1 saturated heterocycles. The highest BCUT2D eigenvalue weighted by molar-refractivity contribution is 5.88. The molecule has 0 aromatic carbocycles. The number of aliphatic carboxylic acids is 1. The van der Waals surface area contributed by atoms with Gasteiger partial charge in [0.25, 0.3) is 0 Å². The molecule has 1 aromatic rings. The molecule has 1 aromatic heterocycles. The number of carboxylic acids is 1. The Morgan fingerprint density at radius 2 is 2.25 bits per heavy atom. The van der Waals surface area contributed by atoms with Gasteiger partial charge in [-0.3, -0.25) is 9.48 Å². The quantitative estimate of drug-likeness (QED) is 0.769. The van der Waals surface area contributed by atoms with Crippen molar-refractivity contribution in [1.82, 2.24) is 15.1 Å². The molecule has 1 fully saturated rings. The minimum Gasteiger partial charge on any atom is -0.478 e. The zero-order chi connectivity index (χ0) is 14.7. The third-order valence-electron chi connectivity index (χ3n) is 3.19. The second kappa shape index (κ2) is 5.77. The van der Waals surface area contributed by atoms with Gasteiger partial charge in [0.15, 0.2) is 0 Å². The largest absolute Gasteiger partial charge is 0.478 e. The van der Waals surface area contributed by atoms with E-state index in [1.54, 1.807) is 11.7 Å². The normalized spacial score (nSPS) is 16.3. The topological polar surface area (TPSA) is 87.5 Å². The third kappa shape index (κ3) is 2.98. The molecule has 2 rings (SSSR count). The molecule has 1 aliphatic heterocycles. The van der Waals surface area contributed by atoms with Gasteiger partial charge < -0.3 is 15.3 Å². The van der Waals surface area contributed by atoms with Gasteiger partial charge in [-0.1, -0.05) is 0 Å². The van der Waals surface area contributed by atoms with E-state index in [2.05, 4.69) is 10.4 Å². The highest BCUT2D eigenvalue weighted by Gasteiger charge is 2.21. The Morgan fingerprint density at radius 3 is 2.95 bits per heavy atom. The molecule has 7 heteroatoms. The van der Waals surface area contributed by atoms with Crippen LogP contribution in [0.3, 0.4) is 0 Å². The number of carbonyl (C=O) groups excluding carboxylic acids is 1. The lowest BCUT2D eigenvalue weighted by Gasteiger charge is -2.22. The number of aryl methyl sites for hydroxylation is 2. The van der Waals surface area contributed by atoms with E-state index in [0.29, 0.717) is 6.54 Å². The molecule has 0 atom stereocenters. The molecular weight excluding hydrogens is 260 g/mol. The van der Waals surface area contributed by atoms with Crippen molar-refractivity contribution in [2.24, 2.45) is 7.05 Å². The SMILES string of the molecule is Cc1nn(C)c(N2CCCNC(=O)C2)c1C=CC(=O)O.